The van der Waals surface area contributed by atoms with E-state index in [1.807, 2.05) is 49.4 Å². The fraction of sp³-hybridized carbons (Fsp3) is 0.333. The van der Waals surface area contributed by atoms with Gasteiger partial charge in [-0.25, -0.2) is 4.79 Å². The van der Waals surface area contributed by atoms with E-state index < -0.39 is 0 Å². The van der Waals surface area contributed by atoms with Gasteiger partial charge in [0.1, 0.15) is 5.75 Å². The van der Waals surface area contributed by atoms with E-state index in [0.717, 1.165) is 24.0 Å². The number of urea groups is 1. The van der Waals surface area contributed by atoms with Crippen molar-refractivity contribution in [2.24, 2.45) is 5.92 Å². The van der Waals surface area contributed by atoms with Crippen LogP contribution in [0.3, 0.4) is 0 Å². The number of anilines is 1. The van der Waals surface area contributed by atoms with E-state index in [9.17, 15) is 9.59 Å². The van der Waals surface area contributed by atoms with Crippen molar-refractivity contribution in [2.45, 2.75) is 25.8 Å². The third-order valence-corrected chi connectivity index (χ3v) is 4.58. The predicted molar refractivity (Wildman–Crippen MR) is 105 cm³/mol. The van der Waals surface area contributed by atoms with Gasteiger partial charge in [0.25, 0.3) is 0 Å². The zero-order valence-electron chi connectivity index (χ0n) is 15.6. The van der Waals surface area contributed by atoms with Gasteiger partial charge in [-0.2, -0.15) is 0 Å². The van der Waals surface area contributed by atoms with Crippen LogP contribution in [0.25, 0.3) is 0 Å². The second-order valence-electron chi connectivity index (χ2n) is 6.80. The number of ether oxygens (including phenoxy) is 1. The zero-order chi connectivity index (χ0) is 19.2. The number of benzene rings is 2. The predicted octanol–water partition coefficient (Wildman–Crippen LogP) is 3.39. The van der Waals surface area contributed by atoms with E-state index in [1.54, 1.807) is 13.2 Å². The standard InChI is InChI=1S/C21H25N3O3/c1-14-8-11-18(27-2)17(12-14)23-19(25)13-22-21(26)24-20(16-9-10-16)15-6-4-3-5-7-15/h3-8,11-12,16,20H,9-10,13H2,1-2H3,(H,23,25)(H2,22,24,26). The third kappa shape index (κ3) is 5.23. The van der Waals surface area contributed by atoms with E-state index in [1.165, 1.54) is 0 Å². The minimum Gasteiger partial charge on any atom is -0.495 e. The summed E-state index contributed by atoms with van der Waals surface area (Å²) in [6.07, 6.45) is 2.21. The molecule has 1 saturated carbocycles. The van der Waals surface area contributed by atoms with Gasteiger partial charge in [-0.05, 0) is 48.9 Å². The summed E-state index contributed by atoms with van der Waals surface area (Å²) in [5.41, 5.74) is 2.68. The van der Waals surface area contributed by atoms with Crippen molar-refractivity contribution in [3.8, 4) is 5.75 Å². The van der Waals surface area contributed by atoms with Gasteiger partial charge in [0, 0.05) is 0 Å². The molecule has 1 aliphatic rings. The summed E-state index contributed by atoms with van der Waals surface area (Å²) in [6.45, 7) is 1.82. The summed E-state index contributed by atoms with van der Waals surface area (Å²) < 4.78 is 5.25. The van der Waals surface area contributed by atoms with Crippen LogP contribution < -0.4 is 20.7 Å². The van der Waals surface area contributed by atoms with Crippen LogP contribution >= 0.6 is 0 Å². The number of aryl methyl sites for hydroxylation is 1. The van der Waals surface area contributed by atoms with Crippen LogP contribution in [0.1, 0.15) is 30.0 Å². The maximum Gasteiger partial charge on any atom is 0.315 e. The number of hydrogen-bond donors (Lipinski definition) is 3. The molecule has 3 N–H and O–H groups in total. The lowest BCUT2D eigenvalue weighted by Crippen LogP contribution is -2.42. The Morgan fingerprint density at radius 1 is 1.15 bits per heavy atom. The normalized spacial score (nSPS) is 14.1. The number of hydrogen-bond acceptors (Lipinski definition) is 3. The number of nitrogens with one attached hydrogen (secondary N) is 3. The Hall–Kier alpha value is -3.02. The Labute approximate surface area is 159 Å². The minimum atomic E-state index is -0.345. The fourth-order valence-electron chi connectivity index (χ4n) is 3.03. The summed E-state index contributed by atoms with van der Waals surface area (Å²) in [7, 11) is 1.55. The first-order valence-electron chi connectivity index (χ1n) is 9.10. The maximum absolute atomic E-state index is 12.3. The Bertz CT molecular complexity index is 804. The van der Waals surface area contributed by atoms with Gasteiger partial charge < -0.3 is 20.7 Å². The lowest BCUT2D eigenvalue weighted by Gasteiger charge is -2.19. The highest BCUT2D eigenvalue weighted by molar-refractivity contribution is 5.95. The Balaban J connectivity index is 1.53. The molecule has 1 fully saturated rings. The van der Waals surface area contributed by atoms with Gasteiger partial charge in [0.2, 0.25) is 5.91 Å². The Morgan fingerprint density at radius 2 is 1.89 bits per heavy atom. The average molecular weight is 367 g/mol. The van der Waals surface area contributed by atoms with Crippen LogP contribution in [0.4, 0.5) is 10.5 Å². The van der Waals surface area contributed by atoms with E-state index in [4.69, 9.17) is 4.74 Å². The van der Waals surface area contributed by atoms with Gasteiger partial charge in [0.05, 0.1) is 25.4 Å². The van der Waals surface area contributed by atoms with Gasteiger partial charge in [-0.1, -0.05) is 36.4 Å². The van der Waals surface area contributed by atoms with E-state index in [2.05, 4.69) is 16.0 Å². The molecule has 1 aliphatic carbocycles. The second kappa shape index (κ2) is 8.58. The highest BCUT2D eigenvalue weighted by atomic mass is 16.5. The molecule has 6 heteroatoms. The van der Waals surface area contributed by atoms with Crippen LogP contribution in [0.5, 0.6) is 5.75 Å². The molecule has 3 amide bonds. The first-order chi connectivity index (χ1) is 13.1. The molecule has 0 spiro atoms. The fourth-order valence-corrected chi connectivity index (χ4v) is 3.03. The highest BCUT2D eigenvalue weighted by Crippen LogP contribution is 2.40. The molecule has 0 saturated heterocycles. The molecule has 3 rings (SSSR count). The molecule has 1 unspecified atom stereocenters. The molecule has 0 aliphatic heterocycles. The molecular weight excluding hydrogens is 342 g/mol. The molecule has 2 aromatic rings. The summed E-state index contributed by atoms with van der Waals surface area (Å²) >= 11 is 0. The molecule has 27 heavy (non-hydrogen) atoms. The van der Waals surface area contributed by atoms with Gasteiger partial charge in [-0.15, -0.1) is 0 Å². The highest BCUT2D eigenvalue weighted by Gasteiger charge is 2.33. The summed E-state index contributed by atoms with van der Waals surface area (Å²) in [5.74, 6) is 0.733. The van der Waals surface area contributed by atoms with E-state index in [-0.39, 0.29) is 24.5 Å². The number of carbonyl (C=O) groups is 2. The van der Waals surface area contributed by atoms with Crippen molar-refractivity contribution in [1.29, 1.82) is 0 Å². The van der Waals surface area contributed by atoms with Gasteiger partial charge in [0.15, 0.2) is 0 Å². The lowest BCUT2D eigenvalue weighted by atomic mass is 10.0. The number of rotatable bonds is 7. The van der Waals surface area contributed by atoms with Crippen molar-refractivity contribution < 1.29 is 14.3 Å². The summed E-state index contributed by atoms with van der Waals surface area (Å²) in [4.78, 5) is 24.5. The van der Waals surface area contributed by atoms with Crippen LogP contribution in [0.15, 0.2) is 48.5 Å². The Kier molecular flexibility index (Phi) is 5.96. The number of carbonyl (C=O) groups excluding carboxylic acids is 2. The first kappa shape index (κ1) is 18.8. The van der Waals surface area contributed by atoms with E-state index in [0.29, 0.717) is 17.4 Å². The molecule has 0 heterocycles. The topological polar surface area (TPSA) is 79.5 Å². The van der Waals surface area contributed by atoms with Crippen LogP contribution in [0.2, 0.25) is 0 Å². The SMILES string of the molecule is COc1ccc(C)cc1NC(=O)CNC(=O)NC(c1ccccc1)C1CC1. The van der Waals surface area contributed by atoms with Gasteiger partial charge >= 0.3 is 6.03 Å². The lowest BCUT2D eigenvalue weighted by molar-refractivity contribution is -0.115. The summed E-state index contributed by atoms with van der Waals surface area (Å²) in [5, 5.41) is 8.40. The van der Waals surface area contributed by atoms with Crippen molar-refractivity contribution in [2.75, 3.05) is 19.0 Å². The molecule has 0 radical (unpaired) electrons. The smallest absolute Gasteiger partial charge is 0.315 e. The summed E-state index contributed by atoms with van der Waals surface area (Å²) in [6, 6.07) is 15.1. The molecular formula is C21H25N3O3. The van der Waals surface area contributed by atoms with Crippen molar-refractivity contribution in [1.82, 2.24) is 10.6 Å². The minimum absolute atomic E-state index is 0.0221. The van der Waals surface area contributed by atoms with Gasteiger partial charge in [-0.3, -0.25) is 4.79 Å². The molecule has 142 valence electrons. The second-order valence-corrected chi connectivity index (χ2v) is 6.80. The monoisotopic (exact) mass is 367 g/mol. The average Bonchev–Trinajstić information content (AvgIpc) is 3.50. The molecule has 6 nitrogen and oxygen atoms in total. The van der Waals surface area contributed by atoms with Crippen LogP contribution in [-0.2, 0) is 4.79 Å². The molecule has 0 aromatic heterocycles. The quantitative estimate of drug-likeness (QED) is 0.702. The van der Waals surface area contributed by atoms with Crippen molar-refractivity contribution >= 4 is 17.6 Å². The maximum atomic E-state index is 12.3. The van der Waals surface area contributed by atoms with Crippen LogP contribution in [-0.4, -0.2) is 25.6 Å². The number of amides is 3. The first-order valence-corrected chi connectivity index (χ1v) is 9.10. The molecule has 1 atom stereocenters. The Morgan fingerprint density at radius 3 is 2.56 bits per heavy atom. The molecule has 0 bridgehead atoms. The largest absolute Gasteiger partial charge is 0.495 e. The number of methoxy groups -OCH3 is 1. The molecule has 2 aromatic carbocycles. The van der Waals surface area contributed by atoms with E-state index >= 15 is 0 Å². The van der Waals surface area contributed by atoms with Crippen LogP contribution in [0, 0.1) is 12.8 Å². The van der Waals surface area contributed by atoms with Crippen molar-refractivity contribution in [3.05, 3.63) is 59.7 Å². The third-order valence-electron chi connectivity index (χ3n) is 4.58. The zero-order valence-corrected chi connectivity index (χ0v) is 15.6. The van der Waals surface area contributed by atoms with Crippen molar-refractivity contribution in [3.63, 3.8) is 0 Å².